The molecule has 2 aromatic carbocycles. The summed E-state index contributed by atoms with van der Waals surface area (Å²) in [5, 5.41) is 5.81. The number of aromatic nitrogens is 2. The molecule has 0 unspecified atom stereocenters. The highest BCUT2D eigenvalue weighted by atomic mass is 35.5. The molecule has 0 saturated carbocycles. The lowest BCUT2D eigenvalue weighted by molar-refractivity contribution is 0.0948. The van der Waals surface area contributed by atoms with Crippen molar-refractivity contribution in [3.05, 3.63) is 82.4 Å². The van der Waals surface area contributed by atoms with Crippen LogP contribution in [0.15, 0.2) is 54.6 Å². The molecule has 0 bridgehead atoms. The Bertz CT molecular complexity index is 966. The third kappa shape index (κ3) is 5.50. The Morgan fingerprint density at radius 1 is 1.11 bits per heavy atom. The monoisotopic (exact) mass is 398 g/mol. The molecule has 0 saturated heterocycles. The second-order valence-corrected chi connectivity index (χ2v) is 6.72. The van der Waals surface area contributed by atoms with Gasteiger partial charge in [-0.3, -0.25) is 4.79 Å². The van der Waals surface area contributed by atoms with Crippen LogP contribution in [0.5, 0.6) is 0 Å². The van der Waals surface area contributed by atoms with E-state index in [1.165, 1.54) is 23.8 Å². The summed E-state index contributed by atoms with van der Waals surface area (Å²) >= 11 is 5.79. The maximum atomic E-state index is 13.3. The van der Waals surface area contributed by atoms with Crippen molar-refractivity contribution in [2.24, 2.45) is 0 Å². The SMILES string of the molecule is Cc1cc(C(=O)NCCCc2ccccc2)nc(Nc2ccc(F)c(Cl)c2)n1. The Morgan fingerprint density at radius 3 is 2.64 bits per heavy atom. The van der Waals surface area contributed by atoms with E-state index < -0.39 is 5.82 Å². The minimum Gasteiger partial charge on any atom is -0.351 e. The van der Waals surface area contributed by atoms with E-state index in [1.807, 2.05) is 18.2 Å². The second kappa shape index (κ2) is 9.28. The lowest BCUT2D eigenvalue weighted by Crippen LogP contribution is -2.26. The summed E-state index contributed by atoms with van der Waals surface area (Å²) in [6.07, 6.45) is 1.72. The summed E-state index contributed by atoms with van der Waals surface area (Å²) in [6, 6.07) is 15.9. The van der Waals surface area contributed by atoms with Crippen molar-refractivity contribution in [2.45, 2.75) is 19.8 Å². The van der Waals surface area contributed by atoms with Crippen molar-refractivity contribution < 1.29 is 9.18 Å². The van der Waals surface area contributed by atoms with Gasteiger partial charge in [-0.15, -0.1) is 0 Å². The molecular formula is C21H20ClFN4O. The highest BCUT2D eigenvalue weighted by Crippen LogP contribution is 2.21. The molecule has 0 radical (unpaired) electrons. The second-order valence-electron chi connectivity index (χ2n) is 6.32. The van der Waals surface area contributed by atoms with Crippen molar-refractivity contribution in [3.63, 3.8) is 0 Å². The fraction of sp³-hybridized carbons (Fsp3) is 0.190. The number of carbonyl (C=O) groups excluding carboxylic acids is 1. The number of benzene rings is 2. The van der Waals surface area contributed by atoms with Crippen LogP contribution in [0.1, 0.15) is 28.2 Å². The van der Waals surface area contributed by atoms with E-state index in [0.29, 0.717) is 17.9 Å². The van der Waals surface area contributed by atoms with Gasteiger partial charge in [-0.05, 0) is 49.6 Å². The first-order chi connectivity index (χ1) is 13.5. The number of rotatable bonds is 7. The fourth-order valence-corrected chi connectivity index (χ4v) is 2.85. The molecule has 2 N–H and O–H groups in total. The van der Waals surface area contributed by atoms with Crippen LogP contribution in [0.2, 0.25) is 5.02 Å². The lowest BCUT2D eigenvalue weighted by atomic mass is 10.1. The predicted octanol–water partition coefficient (Wildman–Crippen LogP) is 4.68. The summed E-state index contributed by atoms with van der Waals surface area (Å²) in [5.41, 5.74) is 2.67. The van der Waals surface area contributed by atoms with Crippen LogP contribution >= 0.6 is 11.6 Å². The first-order valence-electron chi connectivity index (χ1n) is 8.91. The fourth-order valence-electron chi connectivity index (χ4n) is 2.67. The zero-order valence-electron chi connectivity index (χ0n) is 15.4. The Labute approximate surface area is 168 Å². The molecule has 144 valence electrons. The molecule has 28 heavy (non-hydrogen) atoms. The van der Waals surface area contributed by atoms with Crippen LogP contribution in [-0.2, 0) is 6.42 Å². The van der Waals surface area contributed by atoms with E-state index in [2.05, 4.69) is 32.7 Å². The van der Waals surface area contributed by atoms with E-state index in [9.17, 15) is 9.18 Å². The molecule has 5 nitrogen and oxygen atoms in total. The van der Waals surface area contributed by atoms with Crippen molar-refractivity contribution in [2.75, 3.05) is 11.9 Å². The van der Waals surface area contributed by atoms with E-state index in [-0.39, 0.29) is 22.6 Å². The third-order valence-electron chi connectivity index (χ3n) is 4.03. The van der Waals surface area contributed by atoms with Gasteiger partial charge in [0.1, 0.15) is 11.5 Å². The van der Waals surface area contributed by atoms with Gasteiger partial charge >= 0.3 is 0 Å². The number of nitrogens with one attached hydrogen (secondary N) is 2. The lowest BCUT2D eigenvalue weighted by Gasteiger charge is -2.09. The van der Waals surface area contributed by atoms with Crippen LogP contribution in [0.3, 0.4) is 0 Å². The molecule has 0 aliphatic heterocycles. The number of hydrogen-bond acceptors (Lipinski definition) is 4. The molecule has 0 aliphatic carbocycles. The van der Waals surface area contributed by atoms with Gasteiger partial charge in [-0.1, -0.05) is 41.9 Å². The zero-order chi connectivity index (χ0) is 19.9. The number of amides is 1. The minimum atomic E-state index is -0.507. The summed E-state index contributed by atoms with van der Waals surface area (Å²) in [6.45, 7) is 2.32. The first-order valence-corrected chi connectivity index (χ1v) is 9.29. The molecular weight excluding hydrogens is 379 g/mol. The van der Waals surface area contributed by atoms with E-state index in [1.54, 1.807) is 13.0 Å². The summed E-state index contributed by atoms with van der Waals surface area (Å²) in [4.78, 5) is 20.9. The molecule has 3 rings (SSSR count). The van der Waals surface area contributed by atoms with Gasteiger partial charge in [0.2, 0.25) is 5.95 Å². The quantitative estimate of drug-likeness (QED) is 0.567. The van der Waals surface area contributed by atoms with Gasteiger partial charge < -0.3 is 10.6 Å². The number of aryl methyl sites for hydroxylation is 2. The van der Waals surface area contributed by atoms with E-state index in [0.717, 1.165) is 12.8 Å². The molecule has 0 fully saturated rings. The highest BCUT2D eigenvalue weighted by molar-refractivity contribution is 6.31. The van der Waals surface area contributed by atoms with Gasteiger partial charge in [0.25, 0.3) is 5.91 Å². The number of halogens is 2. The third-order valence-corrected chi connectivity index (χ3v) is 4.32. The van der Waals surface area contributed by atoms with Gasteiger partial charge in [0.15, 0.2) is 0 Å². The molecule has 0 atom stereocenters. The minimum absolute atomic E-state index is 0.00552. The van der Waals surface area contributed by atoms with Crippen LogP contribution in [0.25, 0.3) is 0 Å². The molecule has 1 aromatic heterocycles. The molecule has 0 aliphatic rings. The topological polar surface area (TPSA) is 66.9 Å². The van der Waals surface area contributed by atoms with Crippen LogP contribution in [0.4, 0.5) is 16.0 Å². The summed E-state index contributed by atoms with van der Waals surface area (Å²) in [7, 11) is 0. The van der Waals surface area contributed by atoms with Crippen molar-refractivity contribution in [1.82, 2.24) is 15.3 Å². The van der Waals surface area contributed by atoms with Crippen LogP contribution in [0, 0.1) is 12.7 Å². The number of nitrogens with zero attached hydrogens (tertiary/aromatic N) is 2. The van der Waals surface area contributed by atoms with E-state index >= 15 is 0 Å². The van der Waals surface area contributed by atoms with Crippen molar-refractivity contribution >= 4 is 29.1 Å². The molecule has 3 aromatic rings. The van der Waals surface area contributed by atoms with Crippen molar-refractivity contribution in [1.29, 1.82) is 0 Å². The average molecular weight is 399 g/mol. The Kier molecular flexibility index (Phi) is 6.55. The van der Waals surface area contributed by atoms with Gasteiger partial charge in [-0.25, -0.2) is 14.4 Å². The van der Waals surface area contributed by atoms with Gasteiger partial charge in [0.05, 0.1) is 5.02 Å². The van der Waals surface area contributed by atoms with Crippen molar-refractivity contribution in [3.8, 4) is 0 Å². The molecule has 1 amide bonds. The highest BCUT2D eigenvalue weighted by Gasteiger charge is 2.11. The Hall–Kier alpha value is -2.99. The van der Waals surface area contributed by atoms with Crippen LogP contribution in [-0.4, -0.2) is 22.4 Å². The maximum absolute atomic E-state index is 13.3. The number of anilines is 2. The summed E-state index contributed by atoms with van der Waals surface area (Å²) < 4.78 is 13.3. The number of hydrogen-bond donors (Lipinski definition) is 2. The maximum Gasteiger partial charge on any atom is 0.270 e. The number of carbonyl (C=O) groups is 1. The van der Waals surface area contributed by atoms with Gasteiger partial charge in [0, 0.05) is 17.9 Å². The van der Waals surface area contributed by atoms with Gasteiger partial charge in [-0.2, -0.15) is 0 Å². The average Bonchev–Trinajstić information content (AvgIpc) is 2.68. The summed E-state index contributed by atoms with van der Waals surface area (Å²) in [5.74, 6) is -0.524. The zero-order valence-corrected chi connectivity index (χ0v) is 16.1. The molecule has 0 spiro atoms. The normalized spacial score (nSPS) is 10.5. The molecule has 7 heteroatoms. The van der Waals surface area contributed by atoms with E-state index in [4.69, 9.17) is 11.6 Å². The molecule has 1 heterocycles. The Balaban J connectivity index is 1.60. The standard InChI is InChI=1S/C21H20ClFN4O/c1-14-12-19(20(28)24-11-5-8-15-6-3-2-4-7-15)27-21(25-14)26-16-9-10-18(23)17(22)13-16/h2-4,6-7,9-10,12-13H,5,8,11H2,1H3,(H,24,28)(H,25,26,27). The predicted molar refractivity (Wildman–Crippen MR) is 109 cm³/mol. The smallest absolute Gasteiger partial charge is 0.270 e. The Morgan fingerprint density at radius 2 is 1.89 bits per heavy atom. The first kappa shape index (κ1) is 19.8. The largest absolute Gasteiger partial charge is 0.351 e. The van der Waals surface area contributed by atoms with Crippen LogP contribution < -0.4 is 10.6 Å².